The Morgan fingerprint density at radius 3 is 2.10 bits per heavy atom. The lowest BCUT2D eigenvalue weighted by Gasteiger charge is -2.28. The molecular formula is C50H62N9O12S2+. The van der Waals surface area contributed by atoms with Crippen LogP contribution in [0.15, 0.2) is 86.4 Å². The molecule has 5 aromatic heterocycles. The number of anilines is 2. The predicted octanol–water partition coefficient (Wildman–Crippen LogP) is 6.27. The Morgan fingerprint density at radius 2 is 1.51 bits per heavy atom. The molecule has 1 saturated heterocycles. The van der Waals surface area contributed by atoms with Gasteiger partial charge in [-0.1, -0.05) is 13.0 Å². The van der Waals surface area contributed by atoms with E-state index in [0.29, 0.717) is 46.3 Å². The second-order valence-corrected chi connectivity index (χ2v) is 22.9. The number of piperidine rings is 1. The fourth-order valence-electron chi connectivity index (χ4n) is 9.13. The molecular weight excluding hydrogens is 983 g/mol. The molecule has 1 aromatic carbocycles. The summed E-state index contributed by atoms with van der Waals surface area (Å²) in [5, 5.41) is 25.3. The van der Waals surface area contributed by atoms with Crippen molar-refractivity contribution in [1.82, 2.24) is 28.9 Å². The second-order valence-electron chi connectivity index (χ2n) is 19.7. The summed E-state index contributed by atoms with van der Waals surface area (Å²) in [7, 11) is -5.52. The van der Waals surface area contributed by atoms with Crippen molar-refractivity contribution < 1.29 is 59.5 Å². The van der Waals surface area contributed by atoms with E-state index >= 15 is 0 Å². The first kappa shape index (κ1) is 52.5. The first-order valence-electron chi connectivity index (χ1n) is 23.8. The lowest BCUT2D eigenvalue weighted by Crippen LogP contribution is -2.42. The number of sulfonamides is 2. The molecule has 2 aliphatic rings. The van der Waals surface area contributed by atoms with E-state index in [0.717, 1.165) is 74.1 Å². The van der Waals surface area contributed by atoms with Crippen LogP contribution in [-0.2, 0) is 50.6 Å². The number of aromatic nitrogens is 4. The fraction of sp³-hybridized carbons (Fsp3) is 0.420. The number of hydrogen-bond donors (Lipinski definition) is 6. The van der Waals surface area contributed by atoms with Crippen LogP contribution in [0.3, 0.4) is 0 Å². The highest BCUT2D eigenvalue weighted by atomic mass is 32.2. The highest BCUT2D eigenvalue weighted by molar-refractivity contribution is 7.90. The molecule has 0 saturated carbocycles. The highest BCUT2D eigenvalue weighted by Crippen LogP contribution is 2.41. The molecule has 0 bridgehead atoms. The van der Waals surface area contributed by atoms with Gasteiger partial charge >= 0.3 is 17.9 Å². The normalized spacial score (nSPS) is 15.2. The van der Waals surface area contributed by atoms with Crippen molar-refractivity contribution in [3.8, 4) is 28.6 Å². The molecule has 6 aromatic rings. The summed E-state index contributed by atoms with van der Waals surface area (Å²) < 4.78 is 84.2. The Bertz CT molecular complexity index is 3290. The lowest BCUT2D eigenvalue weighted by atomic mass is 9.93. The van der Waals surface area contributed by atoms with E-state index in [-0.39, 0.29) is 35.5 Å². The van der Waals surface area contributed by atoms with Crippen LogP contribution in [0.2, 0.25) is 0 Å². The van der Waals surface area contributed by atoms with Crippen molar-refractivity contribution in [1.29, 1.82) is 0 Å². The van der Waals surface area contributed by atoms with Crippen molar-refractivity contribution in [2.75, 3.05) is 37.9 Å². The number of imidazole rings is 1. The number of amides is 4. The minimum Gasteiger partial charge on any atom is -0.481 e. The summed E-state index contributed by atoms with van der Waals surface area (Å²) in [6, 6.07) is 9.41. The molecule has 21 nitrogen and oxygen atoms in total. The van der Waals surface area contributed by atoms with Gasteiger partial charge in [-0.05, 0) is 103 Å². The molecule has 4 amide bonds. The minimum absolute atomic E-state index is 0.152. The number of carbonyl (C=O) groups is 2. The maximum absolute atomic E-state index is 13.8. The topological polar surface area (TPSA) is 274 Å². The Morgan fingerprint density at radius 1 is 0.890 bits per heavy atom. The van der Waals surface area contributed by atoms with Gasteiger partial charge in [0.2, 0.25) is 16.1 Å². The van der Waals surface area contributed by atoms with Gasteiger partial charge in [0.25, 0.3) is 20.0 Å². The van der Waals surface area contributed by atoms with Crippen LogP contribution in [0, 0.1) is 13.8 Å². The number of pyridine rings is 2. The molecule has 1 atom stereocenters. The Balaban J connectivity index is 1.15. The number of ether oxygens (including phenoxy) is 2. The number of furan rings is 2. The van der Waals surface area contributed by atoms with E-state index < -0.39 is 59.4 Å². The molecule has 1 fully saturated rings. The zero-order chi connectivity index (χ0) is 52.8. The molecule has 1 aliphatic carbocycles. The molecule has 73 heavy (non-hydrogen) atoms. The molecule has 1 unspecified atom stereocenters. The molecule has 8 rings (SSSR count). The van der Waals surface area contributed by atoms with Crippen LogP contribution < -0.4 is 34.1 Å². The van der Waals surface area contributed by atoms with Gasteiger partial charge < -0.3 is 38.7 Å². The zero-order valence-corrected chi connectivity index (χ0v) is 43.8. The van der Waals surface area contributed by atoms with Crippen molar-refractivity contribution in [2.24, 2.45) is 0 Å². The second kappa shape index (κ2) is 20.3. The quantitative estimate of drug-likeness (QED) is 0.0583. The summed E-state index contributed by atoms with van der Waals surface area (Å²) in [4.78, 5) is 39.0. The van der Waals surface area contributed by atoms with E-state index in [1.807, 2.05) is 41.5 Å². The maximum atomic E-state index is 13.8. The van der Waals surface area contributed by atoms with Crippen molar-refractivity contribution >= 4 is 43.6 Å². The third-order valence-electron chi connectivity index (χ3n) is 13.0. The number of benzene rings is 1. The Kier molecular flexibility index (Phi) is 14.6. The fourth-order valence-corrected chi connectivity index (χ4v) is 10.8. The van der Waals surface area contributed by atoms with Crippen LogP contribution in [0.25, 0.3) is 16.8 Å². The van der Waals surface area contributed by atoms with Crippen molar-refractivity contribution in [2.45, 2.75) is 121 Å². The molecule has 6 N–H and O–H groups in total. The molecule has 1 aliphatic heterocycles. The van der Waals surface area contributed by atoms with Crippen LogP contribution in [0.1, 0.15) is 99.1 Å². The van der Waals surface area contributed by atoms with Crippen LogP contribution in [-0.4, -0.2) is 91.9 Å². The number of likely N-dealkylation sites (tertiary alicyclic amines) is 1. The van der Waals surface area contributed by atoms with Gasteiger partial charge in [-0.3, -0.25) is 9.88 Å². The van der Waals surface area contributed by atoms with E-state index in [9.17, 15) is 36.6 Å². The maximum Gasteiger partial charge on any atom is 0.368 e. The Labute approximate surface area is 424 Å². The smallest absolute Gasteiger partial charge is 0.368 e. The SMILES string of the molecule is COc1cc(-n2c(C)nc(C(C)C[n+]3ccc(-c4c(C)cc5c(c4NC(=O)NS(=O)(=O)c4cc(C(C)(C)O)co4)CCC5)cc3OC3CCN(C)CC3)c2NC(=O)NS(=O)(=O)c2cc(C(C)(C)O)co2)ccn1. The van der Waals surface area contributed by atoms with E-state index in [1.165, 1.54) is 47.1 Å². The largest absolute Gasteiger partial charge is 0.481 e. The average molecular weight is 1050 g/mol. The van der Waals surface area contributed by atoms with Gasteiger partial charge in [0.15, 0.2) is 12.7 Å². The molecule has 6 heterocycles. The first-order valence-corrected chi connectivity index (χ1v) is 26.7. The summed E-state index contributed by atoms with van der Waals surface area (Å²) >= 11 is 0. The van der Waals surface area contributed by atoms with Gasteiger partial charge in [-0.15, -0.1) is 0 Å². The van der Waals surface area contributed by atoms with Crippen LogP contribution >= 0.6 is 0 Å². The van der Waals surface area contributed by atoms with Gasteiger partial charge in [-0.25, -0.2) is 29.0 Å². The van der Waals surface area contributed by atoms with E-state index in [1.54, 1.807) is 23.6 Å². The average Bonchev–Trinajstić information content (AvgIpc) is 4.15. The van der Waals surface area contributed by atoms with E-state index in [2.05, 4.69) is 38.4 Å². The standard InChI is InChI=1S/C50H61N9O12S2/c1-29-21-32-11-10-12-38(32)45(53-47(60)55-72(64,65)41-23-34(27-69-41)49(4,5)62)43(29)33-14-20-58(40(22-33)71-37-15-18-57(8)19-16-37)26-30(2)44-46(59(31(3)52-44)36-13-17-51-39(25-36)68-9)54-48(61)56-73(66,67)42-24-35(28-70-42)50(6,7)63/h13-14,17,20-25,27-28,30,37,62-63H,10-12,15-16,18-19,26H2,1-9H3,(H3,54,55,56,60,61)/p+1. The van der Waals surface area contributed by atoms with Gasteiger partial charge in [-0.2, -0.15) is 21.4 Å². The summed E-state index contributed by atoms with van der Waals surface area (Å²) in [6.07, 6.45) is 9.24. The highest BCUT2D eigenvalue weighted by Gasteiger charge is 2.33. The summed E-state index contributed by atoms with van der Waals surface area (Å²) in [6.45, 7) is 13.4. The number of carbonyl (C=O) groups excluding carboxylic acids is 2. The summed E-state index contributed by atoms with van der Waals surface area (Å²) in [5.74, 6) is 0.901. The predicted molar refractivity (Wildman–Crippen MR) is 268 cm³/mol. The van der Waals surface area contributed by atoms with Crippen molar-refractivity contribution in [3.63, 3.8) is 0 Å². The number of nitrogens with one attached hydrogen (secondary N) is 4. The van der Waals surface area contributed by atoms with Gasteiger partial charge in [0.1, 0.15) is 17.7 Å². The van der Waals surface area contributed by atoms with Crippen molar-refractivity contribution in [3.05, 3.63) is 107 Å². The molecule has 0 radical (unpaired) electrons. The monoisotopic (exact) mass is 1040 g/mol. The lowest BCUT2D eigenvalue weighted by molar-refractivity contribution is -0.704. The van der Waals surface area contributed by atoms with Crippen LogP contribution in [0.5, 0.6) is 11.8 Å². The van der Waals surface area contributed by atoms with Gasteiger partial charge in [0, 0.05) is 65.8 Å². The Hall–Kier alpha value is -6.79. The molecule has 0 spiro atoms. The number of urea groups is 2. The summed E-state index contributed by atoms with van der Waals surface area (Å²) in [5.41, 5.74) is 3.13. The number of aliphatic hydroxyl groups is 2. The number of fused-ring (bicyclic) bond motifs is 1. The third-order valence-corrected chi connectivity index (χ3v) is 15.4. The third kappa shape index (κ3) is 11.5. The number of nitrogens with zero attached hydrogens (tertiary/aromatic N) is 5. The number of hydrogen-bond acceptors (Lipinski definition) is 15. The minimum atomic E-state index is -4.56. The van der Waals surface area contributed by atoms with Crippen LogP contribution in [0.4, 0.5) is 21.1 Å². The molecule has 23 heteroatoms. The number of aryl methyl sites for hydroxylation is 3. The van der Waals surface area contributed by atoms with E-state index in [4.69, 9.17) is 23.3 Å². The zero-order valence-electron chi connectivity index (χ0n) is 42.2. The van der Waals surface area contributed by atoms with Gasteiger partial charge in [0.05, 0.1) is 59.9 Å². The first-order chi connectivity index (χ1) is 34.3. The number of rotatable bonds is 16. The molecule has 390 valence electrons. The number of methoxy groups -OCH3 is 1.